The number of hydrogen-bond acceptors (Lipinski definition) is 5. The standard InChI is InChI=1S/C14H12Cl2N4O3/c1-7-18-19-11(23-7)6-20-12(21)14(2,17-13(20)22)9-4-3-8(15)5-10(9)16/h3-5H,6H2,1-2H3,(H,17,22). The molecule has 1 saturated heterocycles. The van der Waals surface area contributed by atoms with Crippen molar-refractivity contribution in [3.05, 3.63) is 45.6 Å². The van der Waals surface area contributed by atoms with Gasteiger partial charge in [0, 0.05) is 22.5 Å². The van der Waals surface area contributed by atoms with Gasteiger partial charge in [0.15, 0.2) is 0 Å². The van der Waals surface area contributed by atoms with Gasteiger partial charge in [0.1, 0.15) is 12.1 Å². The molecule has 0 aliphatic carbocycles. The highest BCUT2D eigenvalue weighted by Gasteiger charge is 2.50. The molecule has 23 heavy (non-hydrogen) atoms. The first-order valence-electron chi connectivity index (χ1n) is 6.70. The molecule has 1 unspecified atom stereocenters. The molecule has 1 aromatic carbocycles. The summed E-state index contributed by atoms with van der Waals surface area (Å²) >= 11 is 12.1. The van der Waals surface area contributed by atoms with E-state index in [1.54, 1.807) is 26.0 Å². The first kappa shape index (κ1) is 15.8. The molecular formula is C14H12Cl2N4O3. The third-order valence-corrected chi connectivity index (χ3v) is 4.15. The Labute approximate surface area is 141 Å². The number of aromatic nitrogens is 2. The first-order valence-corrected chi connectivity index (χ1v) is 7.45. The van der Waals surface area contributed by atoms with Crippen LogP contribution >= 0.6 is 23.2 Å². The van der Waals surface area contributed by atoms with Crippen LogP contribution in [0, 0.1) is 6.92 Å². The fourth-order valence-corrected chi connectivity index (χ4v) is 3.05. The van der Waals surface area contributed by atoms with Gasteiger partial charge in [-0.2, -0.15) is 0 Å². The topological polar surface area (TPSA) is 88.3 Å². The lowest BCUT2D eigenvalue weighted by Crippen LogP contribution is -2.41. The van der Waals surface area contributed by atoms with Crippen LogP contribution in [0.15, 0.2) is 22.6 Å². The highest BCUT2D eigenvalue weighted by Crippen LogP contribution is 2.35. The van der Waals surface area contributed by atoms with Gasteiger partial charge in [-0.3, -0.25) is 9.69 Å². The Morgan fingerprint density at radius 1 is 1.30 bits per heavy atom. The lowest BCUT2D eigenvalue weighted by atomic mass is 9.92. The smallest absolute Gasteiger partial charge is 0.325 e. The van der Waals surface area contributed by atoms with Gasteiger partial charge in [0.25, 0.3) is 5.91 Å². The monoisotopic (exact) mass is 354 g/mol. The fourth-order valence-electron chi connectivity index (χ4n) is 2.45. The van der Waals surface area contributed by atoms with Gasteiger partial charge in [-0.1, -0.05) is 29.3 Å². The summed E-state index contributed by atoms with van der Waals surface area (Å²) in [5.41, 5.74) is -0.820. The van der Waals surface area contributed by atoms with Crippen LogP contribution in [0.5, 0.6) is 0 Å². The third kappa shape index (κ3) is 2.66. The maximum absolute atomic E-state index is 12.7. The molecule has 3 rings (SSSR count). The van der Waals surface area contributed by atoms with Crippen molar-refractivity contribution in [1.82, 2.24) is 20.4 Å². The van der Waals surface area contributed by atoms with Crippen LogP contribution in [0.1, 0.15) is 24.3 Å². The molecule has 1 aromatic heterocycles. The number of rotatable bonds is 3. The minimum absolute atomic E-state index is 0.105. The normalized spacial score (nSPS) is 21.0. The van der Waals surface area contributed by atoms with Crippen molar-refractivity contribution in [2.45, 2.75) is 25.9 Å². The van der Waals surface area contributed by atoms with E-state index in [1.807, 2.05) is 0 Å². The molecule has 1 N–H and O–H groups in total. The Balaban J connectivity index is 1.93. The van der Waals surface area contributed by atoms with Crippen LogP contribution < -0.4 is 5.32 Å². The zero-order chi connectivity index (χ0) is 16.8. The Morgan fingerprint density at radius 2 is 2.04 bits per heavy atom. The molecule has 0 bridgehead atoms. The fraction of sp³-hybridized carbons (Fsp3) is 0.286. The van der Waals surface area contributed by atoms with Crippen LogP contribution in [0.4, 0.5) is 4.79 Å². The van der Waals surface area contributed by atoms with Crippen LogP contribution in [-0.4, -0.2) is 27.0 Å². The molecule has 2 aromatic rings. The van der Waals surface area contributed by atoms with Crippen molar-refractivity contribution in [3.63, 3.8) is 0 Å². The maximum Gasteiger partial charge on any atom is 0.325 e. The van der Waals surface area contributed by atoms with Crippen LogP contribution in [0.25, 0.3) is 0 Å². The van der Waals surface area contributed by atoms with Crippen molar-refractivity contribution in [3.8, 4) is 0 Å². The molecular weight excluding hydrogens is 343 g/mol. The van der Waals surface area contributed by atoms with Crippen molar-refractivity contribution in [2.24, 2.45) is 0 Å². The predicted octanol–water partition coefficient (Wildman–Crippen LogP) is 2.65. The maximum atomic E-state index is 12.7. The Morgan fingerprint density at radius 3 is 2.65 bits per heavy atom. The second-order valence-electron chi connectivity index (χ2n) is 5.29. The minimum Gasteiger partial charge on any atom is -0.424 e. The number of halogens is 2. The number of aryl methyl sites for hydroxylation is 1. The summed E-state index contributed by atoms with van der Waals surface area (Å²) in [5.74, 6) is 0.0793. The molecule has 1 aliphatic heterocycles. The van der Waals surface area contributed by atoms with Gasteiger partial charge >= 0.3 is 6.03 Å². The van der Waals surface area contributed by atoms with Gasteiger partial charge in [-0.05, 0) is 19.1 Å². The molecule has 0 radical (unpaired) electrons. The molecule has 1 atom stereocenters. The van der Waals surface area contributed by atoms with Gasteiger partial charge < -0.3 is 9.73 Å². The first-order chi connectivity index (χ1) is 10.8. The Hall–Kier alpha value is -2.12. The number of carbonyl (C=O) groups excluding carboxylic acids is 2. The van der Waals surface area contributed by atoms with Crippen LogP contribution in [-0.2, 0) is 16.9 Å². The second kappa shape index (κ2) is 5.50. The van der Waals surface area contributed by atoms with Crippen LogP contribution in [0.3, 0.4) is 0 Å². The molecule has 1 fully saturated rings. The van der Waals surface area contributed by atoms with E-state index in [-0.39, 0.29) is 12.4 Å². The van der Waals surface area contributed by atoms with E-state index in [0.717, 1.165) is 4.90 Å². The number of nitrogens with zero attached hydrogens (tertiary/aromatic N) is 3. The number of hydrogen-bond donors (Lipinski definition) is 1. The summed E-state index contributed by atoms with van der Waals surface area (Å²) in [6, 6.07) is 4.19. The molecule has 1 aliphatic rings. The summed E-state index contributed by atoms with van der Waals surface area (Å²) in [4.78, 5) is 26.0. The van der Waals surface area contributed by atoms with E-state index in [0.29, 0.717) is 21.5 Å². The highest BCUT2D eigenvalue weighted by atomic mass is 35.5. The third-order valence-electron chi connectivity index (χ3n) is 3.61. The van der Waals surface area contributed by atoms with Crippen LogP contribution in [0.2, 0.25) is 10.0 Å². The highest BCUT2D eigenvalue weighted by molar-refractivity contribution is 6.35. The summed E-state index contributed by atoms with van der Waals surface area (Å²) in [5, 5.41) is 10.9. The van der Waals surface area contributed by atoms with Crippen molar-refractivity contribution >= 4 is 35.1 Å². The zero-order valence-electron chi connectivity index (χ0n) is 12.3. The summed E-state index contributed by atoms with van der Waals surface area (Å²) < 4.78 is 5.22. The van der Waals surface area contributed by atoms with Crippen molar-refractivity contribution in [1.29, 1.82) is 0 Å². The number of amides is 3. The molecule has 120 valence electrons. The largest absolute Gasteiger partial charge is 0.424 e. The number of urea groups is 1. The molecule has 0 saturated carbocycles. The summed E-state index contributed by atoms with van der Waals surface area (Å²) in [6.07, 6.45) is 0. The van der Waals surface area contributed by atoms with Gasteiger partial charge in [0.05, 0.1) is 0 Å². The molecule has 0 spiro atoms. The molecule has 7 nitrogen and oxygen atoms in total. The second-order valence-corrected chi connectivity index (χ2v) is 6.13. The number of imide groups is 1. The van der Waals surface area contributed by atoms with E-state index in [9.17, 15) is 9.59 Å². The number of nitrogens with one attached hydrogen (secondary N) is 1. The SMILES string of the molecule is Cc1nnc(CN2C(=O)NC(C)(c3ccc(Cl)cc3Cl)C2=O)o1. The number of carbonyl (C=O) groups is 2. The van der Waals surface area contributed by atoms with E-state index in [2.05, 4.69) is 15.5 Å². The zero-order valence-corrected chi connectivity index (χ0v) is 13.8. The lowest BCUT2D eigenvalue weighted by molar-refractivity contribution is -0.131. The lowest BCUT2D eigenvalue weighted by Gasteiger charge is -2.23. The van der Waals surface area contributed by atoms with Gasteiger partial charge in [0.2, 0.25) is 11.8 Å². The van der Waals surface area contributed by atoms with Crippen molar-refractivity contribution < 1.29 is 14.0 Å². The van der Waals surface area contributed by atoms with E-state index >= 15 is 0 Å². The average molecular weight is 355 g/mol. The van der Waals surface area contributed by atoms with Gasteiger partial charge in [-0.25, -0.2) is 4.79 Å². The summed E-state index contributed by atoms with van der Waals surface area (Å²) in [6.45, 7) is 3.10. The van der Waals surface area contributed by atoms with Crippen molar-refractivity contribution in [2.75, 3.05) is 0 Å². The Bertz CT molecular complexity index is 807. The molecule has 9 heteroatoms. The van der Waals surface area contributed by atoms with E-state index in [1.165, 1.54) is 6.07 Å². The minimum atomic E-state index is -1.28. The quantitative estimate of drug-likeness (QED) is 0.856. The van der Waals surface area contributed by atoms with Gasteiger partial charge in [-0.15, -0.1) is 10.2 Å². The number of benzene rings is 1. The predicted molar refractivity (Wildman–Crippen MR) is 81.9 cm³/mol. The molecule has 2 heterocycles. The van der Waals surface area contributed by atoms with E-state index < -0.39 is 17.5 Å². The molecule has 3 amide bonds. The van der Waals surface area contributed by atoms with E-state index in [4.69, 9.17) is 27.6 Å². The Kier molecular flexibility index (Phi) is 3.77. The average Bonchev–Trinajstić information content (AvgIpc) is 2.96. The summed E-state index contributed by atoms with van der Waals surface area (Å²) in [7, 11) is 0.